The summed E-state index contributed by atoms with van der Waals surface area (Å²) >= 11 is 0. The third kappa shape index (κ3) is 1.53. The Balaban J connectivity index is 1.56. The minimum atomic E-state index is 0.299. The van der Waals surface area contributed by atoms with Gasteiger partial charge in [-0.15, -0.1) is 0 Å². The van der Waals surface area contributed by atoms with Gasteiger partial charge < -0.3 is 4.40 Å². The van der Waals surface area contributed by atoms with Gasteiger partial charge in [0.2, 0.25) is 6.71 Å². The van der Waals surface area contributed by atoms with Crippen molar-refractivity contribution in [1.82, 2.24) is 4.40 Å². The van der Waals surface area contributed by atoms with Crippen LogP contribution in [0.25, 0.3) is 60.3 Å². The van der Waals surface area contributed by atoms with Gasteiger partial charge in [0.1, 0.15) is 0 Å². The van der Waals surface area contributed by atoms with Crippen LogP contribution in [0.3, 0.4) is 0 Å². The predicted molar refractivity (Wildman–Crippen MR) is 137 cm³/mol. The Bertz CT molecular complexity index is 1930. The molecule has 1 nitrogen and oxygen atoms in total. The van der Waals surface area contributed by atoms with E-state index >= 15 is 0 Å². The standard InChI is InChI=1S/C30H16BN/c1-2-7-17(8-3-1)18-9-5-13-24-26(18)23-16-15-22-20-11-4-10-19-21-12-6-14-25-29(21)32(28(19)20)30(22)27(23)31(24)25/h1-16H. The molecule has 0 saturated carbocycles. The summed E-state index contributed by atoms with van der Waals surface area (Å²) in [5, 5.41) is 5.53. The summed E-state index contributed by atoms with van der Waals surface area (Å²) in [6, 6.07) is 36.2. The molecule has 9 rings (SSSR count). The molecule has 0 amide bonds. The third-order valence-corrected chi connectivity index (χ3v) is 7.93. The number of aromatic nitrogens is 1. The zero-order valence-corrected chi connectivity index (χ0v) is 17.3. The number of para-hydroxylation sites is 2. The largest absolute Gasteiger partial charge is 0.309 e. The van der Waals surface area contributed by atoms with Crippen molar-refractivity contribution in [3.63, 3.8) is 0 Å². The predicted octanol–water partition coefficient (Wildman–Crippen LogP) is 5.31. The fourth-order valence-electron chi connectivity index (χ4n) is 6.84. The molecule has 2 aliphatic rings. The molecule has 2 heteroatoms. The highest BCUT2D eigenvalue weighted by molar-refractivity contribution is 7.02. The Morgan fingerprint density at radius 1 is 0.469 bits per heavy atom. The summed E-state index contributed by atoms with van der Waals surface area (Å²) in [7, 11) is 0. The molecule has 2 aromatic heterocycles. The normalized spacial score (nSPS) is 13.6. The van der Waals surface area contributed by atoms with Crippen LogP contribution >= 0.6 is 0 Å². The van der Waals surface area contributed by atoms with Gasteiger partial charge in [-0.25, -0.2) is 0 Å². The zero-order chi connectivity index (χ0) is 20.6. The minimum Gasteiger partial charge on any atom is -0.309 e. The fourth-order valence-corrected chi connectivity index (χ4v) is 6.84. The molecular formula is C30H16BN. The Hall–Kier alpha value is -4.04. The Morgan fingerprint density at radius 3 is 2.00 bits per heavy atom. The topological polar surface area (TPSA) is 4.41 Å². The van der Waals surface area contributed by atoms with E-state index in [1.165, 1.54) is 76.7 Å². The summed E-state index contributed by atoms with van der Waals surface area (Å²) in [6.45, 7) is 0.299. The molecule has 0 saturated heterocycles. The van der Waals surface area contributed by atoms with E-state index in [0.29, 0.717) is 6.71 Å². The van der Waals surface area contributed by atoms with Crippen LogP contribution in [0.2, 0.25) is 0 Å². The van der Waals surface area contributed by atoms with Gasteiger partial charge in [0.05, 0.1) is 11.0 Å². The highest BCUT2D eigenvalue weighted by Crippen LogP contribution is 2.43. The lowest BCUT2D eigenvalue weighted by Gasteiger charge is -2.19. The van der Waals surface area contributed by atoms with E-state index in [9.17, 15) is 0 Å². The van der Waals surface area contributed by atoms with E-state index in [-0.39, 0.29) is 0 Å². The lowest BCUT2D eigenvalue weighted by Crippen LogP contribution is -2.51. The zero-order valence-electron chi connectivity index (χ0n) is 17.3. The Labute approximate surface area is 184 Å². The first kappa shape index (κ1) is 15.7. The second-order valence-electron chi connectivity index (χ2n) is 9.27. The number of fused-ring (bicyclic) bond motifs is 6. The molecule has 0 bridgehead atoms. The van der Waals surface area contributed by atoms with Gasteiger partial charge >= 0.3 is 0 Å². The van der Waals surface area contributed by atoms with Crippen molar-refractivity contribution in [3.8, 4) is 22.3 Å². The molecule has 0 aliphatic carbocycles. The monoisotopic (exact) mass is 401 g/mol. The van der Waals surface area contributed by atoms with Crippen LogP contribution in [0.1, 0.15) is 0 Å². The van der Waals surface area contributed by atoms with Gasteiger partial charge in [0.25, 0.3) is 0 Å². The van der Waals surface area contributed by atoms with Crippen molar-refractivity contribution in [2.75, 3.05) is 0 Å². The first-order valence-corrected chi connectivity index (χ1v) is 11.3. The number of hydrogen-bond donors (Lipinski definition) is 0. The molecule has 0 unspecified atom stereocenters. The second-order valence-corrected chi connectivity index (χ2v) is 9.27. The molecule has 0 atom stereocenters. The van der Waals surface area contributed by atoms with Crippen molar-refractivity contribution in [1.29, 1.82) is 0 Å². The average molecular weight is 401 g/mol. The average Bonchev–Trinajstić information content (AvgIpc) is 3.49. The second kappa shape index (κ2) is 5.06. The van der Waals surface area contributed by atoms with Crippen molar-refractivity contribution in [2.45, 2.75) is 0 Å². The van der Waals surface area contributed by atoms with Crippen molar-refractivity contribution in [3.05, 3.63) is 97.1 Å². The number of benzene rings is 5. The van der Waals surface area contributed by atoms with Gasteiger partial charge in [-0.1, -0.05) is 103 Å². The molecule has 4 heterocycles. The van der Waals surface area contributed by atoms with Crippen LogP contribution in [0.15, 0.2) is 97.1 Å². The van der Waals surface area contributed by atoms with Crippen LogP contribution in [0.5, 0.6) is 0 Å². The number of nitrogens with zero attached hydrogens (tertiary/aromatic N) is 1. The summed E-state index contributed by atoms with van der Waals surface area (Å²) in [6.07, 6.45) is 0. The highest BCUT2D eigenvalue weighted by Gasteiger charge is 2.41. The van der Waals surface area contributed by atoms with Crippen LogP contribution in [0, 0.1) is 0 Å². The molecule has 32 heavy (non-hydrogen) atoms. The maximum absolute atomic E-state index is 2.58. The van der Waals surface area contributed by atoms with Gasteiger partial charge in [-0.2, -0.15) is 0 Å². The summed E-state index contributed by atoms with van der Waals surface area (Å²) in [5.41, 5.74) is 14.0. The van der Waals surface area contributed by atoms with Crippen LogP contribution in [0.4, 0.5) is 0 Å². The van der Waals surface area contributed by atoms with E-state index in [2.05, 4.69) is 101 Å². The van der Waals surface area contributed by atoms with Gasteiger partial charge in [0, 0.05) is 27.1 Å². The van der Waals surface area contributed by atoms with E-state index in [4.69, 9.17) is 0 Å². The molecule has 0 spiro atoms. The first-order valence-electron chi connectivity index (χ1n) is 11.3. The lowest BCUT2D eigenvalue weighted by molar-refractivity contribution is 1.38. The number of hydrogen-bond acceptors (Lipinski definition) is 0. The molecule has 2 aliphatic heterocycles. The smallest absolute Gasteiger partial charge is 0.248 e. The van der Waals surface area contributed by atoms with Gasteiger partial charge in [0.15, 0.2) is 0 Å². The first-order chi connectivity index (χ1) is 15.9. The lowest BCUT2D eigenvalue weighted by atomic mass is 9.37. The van der Waals surface area contributed by atoms with E-state index in [1.807, 2.05) is 0 Å². The van der Waals surface area contributed by atoms with Crippen LogP contribution < -0.4 is 16.4 Å². The van der Waals surface area contributed by atoms with Gasteiger partial charge in [-0.3, -0.25) is 0 Å². The Morgan fingerprint density at radius 2 is 1.16 bits per heavy atom. The molecule has 0 fully saturated rings. The molecule has 7 aromatic rings. The molecule has 0 N–H and O–H groups in total. The quantitative estimate of drug-likeness (QED) is 0.328. The molecule has 5 aromatic carbocycles. The molecule has 144 valence electrons. The minimum absolute atomic E-state index is 0.299. The van der Waals surface area contributed by atoms with E-state index in [0.717, 1.165) is 0 Å². The van der Waals surface area contributed by atoms with Crippen LogP contribution in [-0.2, 0) is 0 Å². The SMILES string of the molecule is c1ccc(-c2cccc3c2-c2ccc4c5cccc6c7cccc8c7n(c4c2B38)c65)cc1. The highest BCUT2D eigenvalue weighted by atomic mass is 14.9. The maximum Gasteiger partial charge on any atom is 0.248 e. The van der Waals surface area contributed by atoms with Crippen molar-refractivity contribution < 1.29 is 0 Å². The molecule has 0 radical (unpaired) electrons. The maximum atomic E-state index is 2.58. The third-order valence-electron chi connectivity index (χ3n) is 7.93. The fraction of sp³-hybridized carbons (Fsp3) is 0. The van der Waals surface area contributed by atoms with Crippen molar-refractivity contribution >= 4 is 61.2 Å². The van der Waals surface area contributed by atoms with E-state index < -0.39 is 0 Å². The summed E-state index contributed by atoms with van der Waals surface area (Å²) in [5.74, 6) is 0. The van der Waals surface area contributed by atoms with Crippen LogP contribution in [-0.4, -0.2) is 11.1 Å². The van der Waals surface area contributed by atoms with E-state index in [1.54, 1.807) is 0 Å². The van der Waals surface area contributed by atoms with Crippen molar-refractivity contribution in [2.24, 2.45) is 0 Å². The molecular weight excluding hydrogens is 385 g/mol. The summed E-state index contributed by atoms with van der Waals surface area (Å²) in [4.78, 5) is 0. The summed E-state index contributed by atoms with van der Waals surface area (Å²) < 4.78 is 2.58. The van der Waals surface area contributed by atoms with Gasteiger partial charge in [-0.05, 0) is 33.2 Å². The Kier molecular flexibility index (Phi) is 2.48. The number of rotatable bonds is 1.